The van der Waals surface area contributed by atoms with Crippen LogP contribution >= 0.6 is 0 Å². The molecular formula is C33H24N4O6. The second-order valence-electron chi connectivity index (χ2n) is 10.7. The number of benzene rings is 4. The fourth-order valence-electron chi connectivity index (χ4n) is 7.12. The molecule has 4 aromatic rings. The van der Waals surface area contributed by atoms with Crippen molar-refractivity contribution in [2.24, 2.45) is 16.9 Å². The third kappa shape index (κ3) is 3.66. The molecule has 1 aliphatic heterocycles. The molecule has 1 N–H and O–H groups in total. The highest BCUT2D eigenvalue weighted by Crippen LogP contribution is 2.63. The van der Waals surface area contributed by atoms with Gasteiger partial charge < -0.3 is 4.74 Å². The molecule has 0 radical (unpaired) electrons. The van der Waals surface area contributed by atoms with Crippen LogP contribution in [0.3, 0.4) is 0 Å². The highest BCUT2D eigenvalue weighted by atomic mass is 16.6. The van der Waals surface area contributed by atoms with E-state index in [0.29, 0.717) is 11.4 Å². The second-order valence-corrected chi connectivity index (χ2v) is 10.7. The number of amides is 3. The lowest BCUT2D eigenvalue weighted by molar-refractivity contribution is -0.384. The molecule has 212 valence electrons. The Balaban J connectivity index is 1.38. The molecule has 10 heteroatoms. The zero-order valence-electron chi connectivity index (χ0n) is 22.8. The first kappa shape index (κ1) is 26.3. The molecule has 0 saturated carbocycles. The molecule has 0 spiro atoms. The fourth-order valence-corrected chi connectivity index (χ4v) is 7.12. The Morgan fingerprint density at radius 3 is 2.26 bits per heavy atom. The van der Waals surface area contributed by atoms with Gasteiger partial charge in [-0.25, -0.2) is 10.3 Å². The van der Waals surface area contributed by atoms with Gasteiger partial charge in [0.1, 0.15) is 5.75 Å². The summed E-state index contributed by atoms with van der Waals surface area (Å²) in [6, 6.07) is 27.6. The van der Waals surface area contributed by atoms with Crippen molar-refractivity contribution >= 4 is 35.3 Å². The summed E-state index contributed by atoms with van der Waals surface area (Å²) >= 11 is 0. The highest BCUT2D eigenvalue weighted by molar-refractivity contribution is 6.25. The van der Waals surface area contributed by atoms with Gasteiger partial charge in [-0.1, -0.05) is 66.7 Å². The maximum absolute atomic E-state index is 14.5. The maximum atomic E-state index is 14.5. The first-order valence-corrected chi connectivity index (χ1v) is 13.7. The Morgan fingerprint density at radius 2 is 1.58 bits per heavy atom. The van der Waals surface area contributed by atoms with E-state index in [0.717, 1.165) is 22.3 Å². The number of nitrogens with one attached hydrogen (secondary N) is 1. The van der Waals surface area contributed by atoms with Crippen LogP contribution in [-0.4, -0.2) is 36.0 Å². The van der Waals surface area contributed by atoms with Gasteiger partial charge >= 0.3 is 0 Å². The number of non-ortho nitro benzene ring substituents is 1. The van der Waals surface area contributed by atoms with Crippen molar-refractivity contribution in [1.29, 1.82) is 0 Å². The van der Waals surface area contributed by atoms with Crippen molar-refractivity contribution < 1.29 is 24.0 Å². The van der Waals surface area contributed by atoms with E-state index in [1.54, 1.807) is 30.5 Å². The number of nitro groups is 1. The lowest BCUT2D eigenvalue weighted by atomic mass is 9.47. The summed E-state index contributed by atoms with van der Waals surface area (Å²) in [5.74, 6) is -2.89. The molecule has 3 aliphatic carbocycles. The van der Waals surface area contributed by atoms with Crippen molar-refractivity contribution in [2.75, 3.05) is 12.0 Å². The van der Waals surface area contributed by atoms with E-state index in [9.17, 15) is 24.5 Å². The lowest BCUT2D eigenvalue weighted by Gasteiger charge is -2.52. The summed E-state index contributed by atoms with van der Waals surface area (Å²) in [5.41, 5.74) is 5.01. The minimum Gasteiger partial charge on any atom is -0.495 e. The molecule has 0 unspecified atom stereocenters. The number of carbonyl (C=O) groups is 3. The van der Waals surface area contributed by atoms with Crippen LogP contribution < -0.4 is 15.1 Å². The zero-order chi connectivity index (χ0) is 29.9. The molecular weight excluding hydrogens is 548 g/mol. The van der Waals surface area contributed by atoms with Crippen molar-refractivity contribution in [3.63, 3.8) is 0 Å². The number of methoxy groups -OCH3 is 1. The number of hydrazone groups is 1. The van der Waals surface area contributed by atoms with Crippen LogP contribution in [0.2, 0.25) is 0 Å². The minimum absolute atomic E-state index is 0.0596. The molecule has 1 fully saturated rings. The first-order chi connectivity index (χ1) is 20.9. The Kier molecular flexibility index (Phi) is 5.94. The van der Waals surface area contributed by atoms with Gasteiger partial charge in [-0.05, 0) is 40.5 Å². The maximum Gasteiger partial charge on any atom is 0.271 e. The van der Waals surface area contributed by atoms with E-state index in [-0.39, 0.29) is 29.0 Å². The number of hydrogen-bond acceptors (Lipinski definition) is 7. The molecule has 10 nitrogen and oxygen atoms in total. The van der Waals surface area contributed by atoms with Crippen molar-refractivity contribution in [2.45, 2.75) is 11.3 Å². The monoisotopic (exact) mass is 572 g/mol. The number of rotatable bonds is 6. The van der Waals surface area contributed by atoms with Crippen LogP contribution in [-0.2, 0) is 15.0 Å². The third-order valence-electron chi connectivity index (χ3n) is 8.76. The van der Waals surface area contributed by atoms with Crippen LogP contribution in [0.1, 0.15) is 38.5 Å². The molecule has 1 saturated heterocycles. The Morgan fingerprint density at radius 1 is 0.930 bits per heavy atom. The van der Waals surface area contributed by atoms with Gasteiger partial charge in [0.2, 0.25) is 11.8 Å². The summed E-state index contributed by atoms with van der Waals surface area (Å²) < 4.78 is 5.52. The van der Waals surface area contributed by atoms with Crippen molar-refractivity contribution in [3.8, 4) is 5.75 Å². The SMILES string of the molecule is COc1ccccc1N1C(=O)[C@H]2C3c4ccccc4C(/C=N\NC(=O)c4cccc([N+](=O)[O-])c4)(c4ccccc43)[C@H]2C1=O. The van der Waals surface area contributed by atoms with E-state index in [4.69, 9.17) is 4.74 Å². The van der Waals surface area contributed by atoms with Gasteiger partial charge in [-0.2, -0.15) is 5.10 Å². The van der Waals surface area contributed by atoms with Gasteiger partial charge in [0.05, 0.1) is 35.0 Å². The number of para-hydroxylation sites is 2. The number of nitrogens with zero attached hydrogens (tertiary/aromatic N) is 3. The Hall–Kier alpha value is -5.64. The molecule has 2 atom stereocenters. The quantitative estimate of drug-likeness (QED) is 0.156. The van der Waals surface area contributed by atoms with Gasteiger partial charge in [0.25, 0.3) is 11.6 Å². The average Bonchev–Trinajstić information content (AvgIpc) is 3.31. The first-order valence-electron chi connectivity index (χ1n) is 13.7. The van der Waals surface area contributed by atoms with Crippen LogP contribution in [0.15, 0.2) is 102 Å². The van der Waals surface area contributed by atoms with Crippen LogP contribution in [0.25, 0.3) is 0 Å². The van der Waals surface area contributed by atoms with Gasteiger partial charge in [0.15, 0.2) is 0 Å². The number of ether oxygens (including phenoxy) is 1. The molecule has 4 aliphatic rings. The largest absolute Gasteiger partial charge is 0.495 e. The zero-order valence-corrected chi connectivity index (χ0v) is 22.8. The summed E-state index contributed by atoms with van der Waals surface area (Å²) in [6.07, 6.45) is 1.55. The van der Waals surface area contributed by atoms with Crippen LogP contribution in [0.4, 0.5) is 11.4 Å². The minimum atomic E-state index is -1.19. The highest BCUT2D eigenvalue weighted by Gasteiger charge is 2.68. The van der Waals surface area contributed by atoms with E-state index in [1.165, 1.54) is 36.3 Å². The van der Waals surface area contributed by atoms with E-state index in [1.807, 2.05) is 48.5 Å². The Bertz CT molecular complexity index is 1840. The number of carbonyl (C=O) groups excluding carboxylic acids is 3. The van der Waals surface area contributed by atoms with Crippen molar-refractivity contribution in [1.82, 2.24) is 5.43 Å². The molecule has 0 aromatic heterocycles. The fraction of sp³-hybridized carbons (Fsp3) is 0.152. The van der Waals surface area contributed by atoms with Gasteiger partial charge in [-0.3, -0.25) is 24.5 Å². The number of hydrogen-bond donors (Lipinski definition) is 1. The van der Waals surface area contributed by atoms with Gasteiger partial charge in [-0.15, -0.1) is 0 Å². The average molecular weight is 573 g/mol. The predicted molar refractivity (Wildman–Crippen MR) is 157 cm³/mol. The van der Waals surface area contributed by atoms with Gasteiger partial charge in [0, 0.05) is 29.8 Å². The van der Waals surface area contributed by atoms with E-state index in [2.05, 4.69) is 10.5 Å². The summed E-state index contributed by atoms with van der Waals surface area (Å²) in [7, 11) is 1.49. The third-order valence-corrected chi connectivity index (χ3v) is 8.76. The molecule has 43 heavy (non-hydrogen) atoms. The van der Waals surface area contributed by atoms with Crippen molar-refractivity contribution in [3.05, 3.63) is 135 Å². The van der Waals surface area contributed by atoms with Crippen LogP contribution in [0.5, 0.6) is 5.75 Å². The summed E-state index contributed by atoms with van der Waals surface area (Å²) in [4.78, 5) is 53.7. The lowest BCUT2D eigenvalue weighted by Crippen LogP contribution is -2.54. The summed E-state index contributed by atoms with van der Waals surface area (Å²) in [6.45, 7) is 0. The standard InChI is InChI=1S/C33H24N4O6/c1-43-26-16-7-6-15-25(26)36-31(39)28-27-21-11-2-4-13-23(21)33(29(28)32(36)40,24-14-5-3-12-22(24)27)18-34-35-30(38)19-9-8-10-20(17-19)37(41)42/h2-18,27-29H,1H3,(H,35,38)/b34-18-/t27?,28-,29+,33?/m0/s1. The molecule has 1 heterocycles. The van der Waals surface area contributed by atoms with Crippen LogP contribution in [0, 0.1) is 22.0 Å². The number of imide groups is 1. The molecule has 3 amide bonds. The number of nitro benzene ring substituents is 1. The molecule has 4 aromatic carbocycles. The smallest absolute Gasteiger partial charge is 0.271 e. The van der Waals surface area contributed by atoms with E-state index >= 15 is 0 Å². The predicted octanol–water partition coefficient (Wildman–Crippen LogP) is 4.57. The summed E-state index contributed by atoms with van der Waals surface area (Å²) in [5, 5.41) is 15.6. The van der Waals surface area contributed by atoms with E-state index < -0.39 is 28.1 Å². The Labute approximate surface area is 245 Å². The number of anilines is 1. The molecule has 8 rings (SSSR count). The normalized spacial score (nSPS) is 23.1. The molecule has 2 bridgehead atoms. The second kappa shape index (κ2) is 9.73. The topological polar surface area (TPSA) is 131 Å².